The maximum Gasteiger partial charge on any atom is 0.0684 e. The Morgan fingerprint density at radius 3 is 1.02 bits per heavy atom. The van der Waals surface area contributed by atoms with Crippen LogP contribution in [0.4, 0.5) is 0 Å². The van der Waals surface area contributed by atoms with Crippen molar-refractivity contribution in [3.05, 3.63) is 34.9 Å². The van der Waals surface area contributed by atoms with E-state index in [1.807, 2.05) is 0 Å². The molecule has 0 bridgehead atoms. The van der Waals surface area contributed by atoms with Gasteiger partial charge in [-0.2, -0.15) is 0 Å². The molecule has 0 radical (unpaired) electrons. The molecular weight excluding hydrogens is 581 g/mol. The Bertz CT molecular complexity index is 870. The number of aryl methyl sites for hydroxylation is 2. The monoisotopic (exact) mass is 669 g/mol. The predicted octanol–water partition coefficient (Wildman–Crippen LogP) is 15.2. The molecule has 6 atom stereocenters. The Balaban J connectivity index is 2.27. The Morgan fingerprint density at radius 2 is 0.688 bits per heavy atom. The third-order valence-electron chi connectivity index (χ3n) is 11.8. The topological polar surface area (TPSA) is 20.2 Å². The fourth-order valence-electron chi connectivity index (χ4n) is 7.91. The summed E-state index contributed by atoms with van der Waals surface area (Å²) in [6, 6.07) is 6.92. The minimum atomic E-state index is 0.170. The minimum absolute atomic E-state index is 0.170. The van der Waals surface area contributed by atoms with Gasteiger partial charge in [-0.15, -0.1) is 0 Å². The molecule has 1 heteroatoms. The molecule has 1 aromatic carbocycles. The van der Waals surface area contributed by atoms with Crippen LogP contribution in [0.15, 0.2) is 18.2 Å². The van der Waals surface area contributed by atoms with Gasteiger partial charge in [-0.25, -0.2) is 0 Å². The van der Waals surface area contributed by atoms with Crippen LogP contribution in [0.2, 0.25) is 0 Å². The summed E-state index contributed by atoms with van der Waals surface area (Å²) < 4.78 is 0. The van der Waals surface area contributed by atoms with Crippen LogP contribution in [0.3, 0.4) is 0 Å². The molecule has 0 fully saturated rings. The number of hydrogen-bond donors (Lipinski definition) is 1. The highest BCUT2D eigenvalue weighted by molar-refractivity contribution is 5.32. The first-order valence-corrected chi connectivity index (χ1v) is 21.6. The standard InChI is InChI=1S/C47H88O/c1-37(2)17-11-19-39(5)21-13-23-41(7)25-15-27-43(9)29-31-45-32-34-47(36-48)46(35-45)33-30-44(10)28-16-26-42(8)24-14-22-40(6)20-12-18-38(3)4/h32,34-35,37-44,48H,11-31,33,36H2,1-10H3. The van der Waals surface area contributed by atoms with Gasteiger partial charge < -0.3 is 5.11 Å². The molecule has 0 aliphatic rings. The van der Waals surface area contributed by atoms with Crippen LogP contribution in [0.25, 0.3) is 0 Å². The van der Waals surface area contributed by atoms with Crippen molar-refractivity contribution in [1.82, 2.24) is 0 Å². The molecule has 1 rings (SSSR count). The number of aliphatic hydroxyl groups excluding tert-OH is 1. The fraction of sp³-hybridized carbons (Fsp3) is 0.872. The van der Waals surface area contributed by atoms with E-state index in [9.17, 15) is 5.11 Å². The molecule has 0 spiro atoms. The average molecular weight is 669 g/mol. The number of aliphatic hydroxyl groups is 1. The van der Waals surface area contributed by atoms with Crippen LogP contribution >= 0.6 is 0 Å². The first-order chi connectivity index (χ1) is 22.9. The summed E-state index contributed by atoms with van der Waals surface area (Å²) in [4.78, 5) is 0. The molecule has 1 nitrogen and oxygen atoms in total. The molecular formula is C47H88O. The zero-order valence-corrected chi connectivity index (χ0v) is 34.6. The van der Waals surface area contributed by atoms with Crippen molar-refractivity contribution < 1.29 is 5.11 Å². The first kappa shape index (κ1) is 45.2. The molecule has 0 aromatic heterocycles. The highest BCUT2D eigenvalue weighted by atomic mass is 16.3. The largest absolute Gasteiger partial charge is 0.392 e. The van der Waals surface area contributed by atoms with Gasteiger partial charge in [0.15, 0.2) is 0 Å². The Hall–Kier alpha value is -0.820. The lowest BCUT2D eigenvalue weighted by Crippen LogP contribution is -2.04. The Kier molecular flexibility index (Phi) is 26.2. The van der Waals surface area contributed by atoms with Crippen molar-refractivity contribution in [3.63, 3.8) is 0 Å². The molecule has 0 saturated heterocycles. The van der Waals surface area contributed by atoms with E-state index < -0.39 is 0 Å². The SMILES string of the molecule is CC(C)CCCC(C)CCCC(C)CCCC(C)CCc1ccc(CO)c(CCC(C)CCCC(C)CCCC(C)CCCC(C)C)c1. The van der Waals surface area contributed by atoms with Gasteiger partial charge in [-0.1, -0.05) is 203 Å². The molecule has 1 aromatic rings. The van der Waals surface area contributed by atoms with Crippen molar-refractivity contribution in [2.75, 3.05) is 0 Å². The minimum Gasteiger partial charge on any atom is -0.392 e. The number of hydrogen-bond acceptors (Lipinski definition) is 1. The van der Waals surface area contributed by atoms with E-state index in [-0.39, 0.29) is 6.61 Å². The first-order valence-electron chi connectivity index (χ1n) is 21.6. The van der Waals surface area contributed by atoms with Gasteiger partial charge in [0.25, 0.3) is 0 Å². The summed E-state index contributed by atoms with van der Waals surface area (Å²) in [6.07, 6.45) is 30.0. The predicted molar refractivity (Wildman–Crippen MR) is 217 cm³/mol. The zero-order chi connectivity index (χ0) is 35.7. The van der Waals surface area contributed by atoms with E-state index in [1.165, 1.54) is 146 Å². The van der Waals surface area contributed by atoms with Crippen LogP contribution in [-0.4, -0.2) is 5.11 Å². The normalized spacial score (nSPS) is 15.9. The van der Waals surface area contributed by atoms with Crippen LogP contribution < -0.4 is 0 Å². The molecule has 1 N–H and O–H groups in total. The van der Waals surface area contributed by atoms with Crippen LogP contribution in [0, 0.1) is 47.3 Å². The number of rotatable bonds is 31. The van der Waals surface area contributed by atoms with Crippen LogP contribution in [-0.2, 0) is 19.4 Å². The summed E-state index contributed by atoms with van der Waals surface area (Å²) in [6.45, 7) is 24.4. The number of benzene rings is 1. The molecule has 0 heterocycles. The van der Waals surface area contributed by atoms with Crippen LogP contribution in [0.1, 0.15) is 214 Å². The second kappa shape index (κ2) is 27.8. The lowest BCUT2D eigenvalue weighted by molar-refractivity contribution is 0.280. The van der Waals surface area contributed by atoms with Crippen molar-refractivity contribution in [2.45, 2.75) is 217 Å². The maximum absolute atomic E-state index is 10.0. The van der Waals surface area contributed by atoms with Gasteiger partial charge in [0.1, 0.15) is 0 Å². The van der Waals surface area contributed by atoms with Crippen molar-refractivity contribution in [2.24, 2.45) is 47.3 Å². The van der Waals surface area contributed by atoms with Gasteiger partial charge in [-0.05, 0) is 89.7 Å². The summed E-state index contributed by atoms with van der Waals surface area (Å²) in [5, 5.41) is 10.0. The van der Waals surface area contributed by atoms with E-state index in [2.05, 4.69) is 87.4 Å². The summed E-state index contributed by atoms with van der Waals surface area (Å²) >= 11 is 0. The highest BCUT2D eigenvalue weighted by Crippen LogP contribution is 2.26. The fourth-order valence-corrected chi connectivity index (χ4v) is 7.91. The molecule has 0 saturated carbocycles. The quantitative estimate of drug-likeness (QED) is 0.0835. The third-order valence-corrected chi connectivity index (χ3v) is 11.8. The maximum atomic E-state index is 10.0. The zero-order valence-electron chi connectivity index (χ0n) is 34.6. The molecule has 0 amide bonds. The molecule has 0 aliphatic heterocycles. The molecule has 6 unspecified atom stereocenters. The van der Waals surface area contributed by atoms with Crippen molar-refractivity contribution in [3.8, 4) is 0 Å². The molecule has 48 heavy (non-hydrogen) atoms. The Morgan fingerprint density at radius 1 is 0.375 bits per heavy atom. The van der Waals surface area contributed by atoms with Gasteiger partial charge in [-0.3, -0.25) is 0 Å². The third kappa shape index (κ3) is 24.3. The lowest BCUT2D eigenvalue weighted by atomic mass is 9.89. The lowest BCUT2D eigenvalue weighted by Gasteiger charge is -2.17. The van der Waals surface area contributed by atoms with E-state index in [1.54, 1.807) is 0 Å². The smallest absolute Gasteiger partial charge is 0.0684 e. The van der Waals surface area contributed by atoms with Gasteiger partial charge in [0.05, 0.1) is 6.61 Å². The summed E-state index contributed by atoms with van der Waals surface area (Å²) in [7, 11) is 0. The van der Waals surface area contributed by atoms with E-state index >= 15 is 0 Å². The van der Waals surface area contributed by atoms with Crippen molar-refractivity contribution >= 4 is 0 Å². The van der Waals surface area contributed by atoms with Gasteiger partial charge >= 0.3 is 0 Å². The summed E-state index contributed by atoms with van der Waals surface area (Å²) in [5.41, 5.74) is 4.01. The van der Waals surface area contributed by atoms with Crippen LogP contribution in [0.5, 0.6) is 0 Å². The van der Waals surface area contributed by atoms with Gasteiger partial charge in [0, 0.05) is 0 Å². The second-order valence-corrected chi connectivity index (χ2v) is 18.3. The Labute approximate surface area is 303 Å². The molecule has 0 aliphatic carbocycles. The highest BCUT2D eigenvalue weighted by Gasteiger charge is 2.12. The van der Waals surface area contributed by atoms with E-state index in [0.29, 0.717) is 0 Å². The summed E-state index contributed by atoms with van der Waals surface area (Å²) in [5.74, 6) is 6.81. The van der Waals surface area contributed by atoms with E-state index in [0.717, 1.165) is 59.3 Å². The van der Waals surface area contributed by atoms with Crippen molar-refractivity contribution in [1.29, 1.82) is 0 Å². The molecule has 282 valence electrons. The second-order valence-electron chi connectivity index (χ2n) is 18.3. The average Bonchev–Trinajstić information content (AvgIpc) is 3.02. The van der Waals surface area contributed by atoms with Gasteiger partial charge in [0.2, 0.25) is 0 Å². The van der Waals surface area contributed by atoms with E-state index in [4.69, 9.17) is 0 Å².